The number of amides is 1. The monoisotopic (exact) mass is 253 g/mol. The fraction of sp³-hybridized carbons (Fsp3) is 0.909. The van der Waals surface area contributed by atoms with Crippen molar-refractivity contribution in [2.45, 2.75) is 39.7 Å². The van der Waals surface area contributed by atoms with Gasteiger partial charge in [0.15, 0.2) is 0 Å². The van der Waals surface area contributed by atoms with Gasteiger partial charge in [0.1, 0.15) is 0 Å². The summed E-state index contributed by atoms with van der Waals surface area (Å²) in [5, 5.41) is 0. The summed E-state index contributed by atoms with van der Waals surface area (Å²) >= 11 is 11.6. The van der Waals surface area contributed by atoms with Crippen LogP contribution in [0.2, 0.25) is 0 Å². The lowest BCUT2D eigenvalue weighted by Gasteiger charge is -2.37. The van der Waals surface area contributed by atoms with Gasteiger partial charge in [0.2, 0.25) is 5.91 Å². The topological polar surface area (TPSA) is 20.3 Å². The summed E-state index contributed by atoms with van der Waals surface area (Å²) in [5.74, 6) is 1.37. The molecule has 0 aromatic rings. The molecule has 90 valence electrons. The van der Waals surface area contributed by atoms with E-state index in [1.807, 2.05) is 27.7 Å². The molecule has 0 saturated heterocycles. The van der Waals surface area contributed by atoms with Gasteiger partial charge in [-0.15, -0.1) is 23.2 Å². The van der Waals surface area contributed by atoms with E-state index in [0.29, 0.717) is 30.6 Å². The molecule has 15 heavy (non-hydrogen) atoms. The minimum atomic E-state index is -0.317. The number of rotatable bonds is 6. The van der Waals surface area contributed by atoms with Crippen LogP contribution in [0, 0.1) is 5.92 Å². The van der Waals surface area contributed by atoms with Crippen LogP contribution in [-0.4, -0.2) is 34.7 Å². The molecular weight excluding hydrogens is 233 g/mol. The number of halogens is 2. The highest BCUT2D eigenvalue weighted by Gasteiger charge is 2.29. The highest BCUT2D eigenvalue weighted by atomic mass is 35.5. The molecule has 0 rings (SSSR count). The highest BCUT2D eigenvalue weighted by Crippen LogP contribution is 2.19. The fourth-order valence-electron chi connectivity index (χ4n) is 1.38. The third kappa shape index (κ3) is 5.07. The Morgan fingerprint density at radius 1 is 1.33 bits per heavy atom. The Labute approximate surface area is 103 Å². The zero-order valence-corrected chi connectivity index (χ0v) is 11.5. The molecule has 0 radical (unpaired) electrons. The van der Waals surface area contributed by atoms with Gasteiger partial charge in [0.05, 0.1) is 5.54 Å². The van der Waals surface area contributed by atoms with Gasteiger partial charge in [0, 0.05) is 24.7 Å². The van der Waals surface area contributed by atoms with E-state index in [2.05, 4.69) is 0 Å². The van der Waals surface area contributed by atoms with Crippen molar-refractivity contribution in [2.24, 2.45) is 5.92 Å². The molecule has 0 atom stereocenters. The molecule has 0 spiro atoms. The van der Waals surface area contributed by atoms with Crippen molar-refractivity contribution in [3.63, 3.8) is 0 Å². The van der Waals surface area contributed by atoms with Gasteiger partial charge in [-0.25, -0.2) is 0 Å². The lowest BCUT2D eigenvalue weighted by atomic mass is 10.0. The number of nitrogens with zero attached hydrogens (tertiary/aromatic N) is 1. The van der Waals surface area contributed by atoms with E-state index in [1.54, 1.807) is 4.90 Å². The Balaban J connectivity index is 4.58. The smallest absolute Gasteiger partial charge is 0.223 e. The van der Waals surface area contributed by atoms with E-state index < -0.39 is 0 Å². The molecule has 0 aliphatic heterocycles. The number of carbonyl (C=O) groups excluding carboxylic acids is 1. The van der Waals surface area contributed by atoms with Crippen LogP contribution in [0.15, 0.2) is 0 Å². The Bertz CT molecular complexity index is 205. The third-order valence-corrected chi connectivity index (χ3v) is 3.07. The SMILES string of the molecule is CC(C)CC(=O)N(CCCl)C(C)(C)CCl. The van der Waals surface area contributed by atoms with Crippen LogP contribution in [0.1, 0.15) is 34.1 Å². The molecule has 0 saturated carbocycles. The van der Waals surface area contributed by atoms with Gasteiger partial charge in [-0.1, -0.05) is 13.8 Å². The van der Waals surface area contributed by atoms with E-state index in [1.165, 1.54) is 0 Å². The highest BCUT2D eigenvalue weighted by molar-refractivity contribution is 6.19. The van der Waals surface area contributed by atoms with Crippen LogP contribution in [0.25, 0.3) is 0 Å². The Morgan fingerprint density at radius 3 is 2.20 bits per heavy atom. The zero-order valence-electron chi connectivity index (χ0n) is 10.0. The zero-order chi connectivity index (χ0) is 12.1. The normalized spacial score (nSPS) is 11.9. The van der Waals surface area contributed by atoms with Crippen molar-refractivity contribution in [3.05, 3.63) is 0 Å². The van der Waals surface area contributed by atoms with Crippen LogP contribution >= 0.6 is 23.2 Å². The minimum Gasteiger partial charge on any atom is -0.335 e. The van der Waals surface area contributed by atoms with Crippen molar-refractivity contribution in [3.8, 4) is 0 Å². The standard InChI is InChI=1S/C11H21Cl2NO/c1-9(2)7-10(15)14(6-5-12)11(3,4)8-13/h9H,5-8H2,1-4H3. The van der Waals surface area contributed by atoms with Crippen molar-refractivity contribution in [1.29, 1.82) is 0 Å². The molecule has 0 aliphatic rings. The van der Waals surface area contributed by atoms with Gasteiger partial charge in [-0.2, -0.15) is 0 Å². The lowest BCUT2D eigenvalue weighted by Crippen LogP contribution is -2.50. The maximum atomic E-state index is 12.0. The largest absolute Gasteiger partial charge is 0.335 e. The van der Waals surface area contributed by atoms with E-state index in [-0.39, 0.29) is 11.4 Å². The summed E-state index contributed by atoms with van der Waals surface area (Å²) in [6, 6.07) is 0. The summed E-state index contributed by atoms with van der Waals surface area (Å²) in [6.45, 7) is 8.55. The Hall–Kier alpha value is 0.0500. The Morgan fingerprint density at radius 2 is 1.87 bits per heavy atom. The third-order valence-electron chi connectivity index (χ3n) is 2.25. The van der Waals surface area contributed by atoms with Crippen molar-refractivity contribution >= 4 is 29.1 Å². The van der Waals surface area contributed by atoms with Gasteiger partial charge in [-0.05, 0) is 19.8 Å². The molecule has 0 fully saturated rings. The van der Waals surface area contributed by atoms with E-state index in [0.717, 1.165) is 0 Å². The Kier molecular flexibility index (Phi) is 6.62. The molecule has 1 amide bonds. The summed E-state index contributed by atoms with van der Waals surface area (Å²) in [5.41, 5.74) is -0.317. The summed E-state index contributed by atoms with van der Waals surface area (Å²) in [6.07, 6.45) is 0.553. The predicted octanol–water partition coefficient (Wildman–Crippen LogP) is 3.12. The molecule has 0 aliphatic carbocycles. The van der Waals surface area contributed by atoms with Crippen LogP contribution in [0.4, 0.5) is 0 Å². The second-order valence-corrected chi connectivity index (χ2v) is 5.42. The molecule has 0 aromatic heterocycles. The van der Waals surface area contributed by atoms with E-state index >= 15 is 0 Å². The first-order valence-corrected chi connectivity index (χ1v) is 6.34. The first-order chi connectivity index (χ1) is 6.85. The molecule has 0 heterocycles. The van der Waals surface area contributed by atoms with Gasteiger partial charge >= 0.3 is 0 Å². The molecular formula is C11H21Cl2NO. The fourth-order valence-corrected chi connectivity index (χ4v) is 1.69. The summed E-state index contributed by atoms with van der Waals surface area (Å²) in [7, 11) is 0. The van der Waals surface area contributed by atoms with Crippen molar-refractivity contribution < 1.29 is 4.79 Å². The first-order valence-electron chi connectivity index (χ1n) is 5.27. The van der Waals surface area contributed by atoms with Gasteiger partial charge in [-0.3, -0.25) is 4.79 Å². The predicted molar refractivity (Wildman–Crippen MR) is 66.7 cm³/mol. The maximum Gasteiger partial charge on any atom is 0.223 e. The van der Waals surface area contributed by atoms with Crippen LogP contribution in [0.5, 0.6) is 0 Å². The van der Waals surface area contributed by atoms with E-state index in [4.69, 9.17) is 23.2 Å². The lowest BCUT2D eigenvalue weighted by molar-refractivity contribution is -0.136. The first kappa shape index (κ1) is 15.0. The second-order valence-electron chi connectivity index (χ2n) is 4.78. The van der Waals surface area contributed by atoms with Gasteiger partial charge in [0.25, 0.3) is 0 Å². The number of hydrogen-bond acceptors (Lipinski definition) is 1. The summed E-state index contributed by atoms with van der Waals surface area (Å²) in [4.78, 5) is 13.7. The molecule has 2 nitrogen and oxygen atoms in total. The van der Waals surface area contributed by atoms with Crippen LogP contribution in [0.3, 0.4) is 0 Å². The molecule has 0 N–H and O–H groups in total. The molecule has 0 unspecified atom stereocenters. The average Bonchev–Trinajstić information content (AvgIpc) is 2.12. The van der Waals surface area contributed by atoms with Crippen LogP contribution in [-0.2, 0) is 4.79 Å². The molecule has 4 heteroatoms. The molecule has 0 bridgehead atoms. The molecule has 0 aromatic carbocycles. The quantitative estimate of drug-likeness (QED) is 0.667. The van der Waals surface area contributed by atoms with Crippen LogP contribution < -0.4 is 0 Å². The minimum absolute atomic E-state index is 0.135. The maximum absolute atomic E-state index is 12.0. The van der Waals surface area contributed by atoms with Crippen molar-refractivity contribution in [1.82, 2.24) is 4.90 Å². The number of alkyl halides is 2. The average molecular weight is 254 g/mol. The van der Waals surface area contributed by atoms with Crippen molar-refractivity contribution in [2.75, 3.05) is 18.3 Å². The summed E-state index contributed by atoms with van der Waals surface area (Å²) < 4.78 is 0. The second kappa shape index (κ2) is 6.59. The van der Waals surface area contributed by atoms with E-state index in [9.17, 15) is 4.79 Å². The number of hydrogen-bond donors (Lipinski definition) is 0. The number of carbonyl (C=O) groups is 1. The van der Waals surface area contributed by atoms with Gasteiger partial charge < -0.3 is 4.90 Å².